The van der Waals surface area contributed by atoms with Gasteiger partial charge in [-0.15, -0.1) is 0 Å². The average molecular weight is 513 g/mol. The number of halogens is 7. The highest BCUT2D eigenvalue weighted by atomic mass is 19.4. The van der Waals surface area contributed by atoms with E-state index in [9.17, 15) is 35.8 Å². The van der Waals surface area contributed by atoms with E-state index >= 15 is 0 Å². The molecule has 35 heavy (non-hydrogen) atoms. The molecule has 0 unspecified atom stereocenters. The highest BCUT2D eigenvalue weighted by molar-refractivity contribution is 5.25. The van der Waals surface area contributed by atoms with E-state index in [-0.39, 0.29) is 35.2 Å². The molecule has 8 atom stereocenters. The number of hydrogen-bond donors (Lipinski definition) is 1. The molecule has 0 radical (unpaired) electrons. The molecule has 1 nitrogen and oxygen atoms in total. The van der Waals surface area contributed by atoms with Crippen LogP contribution in [-0.2, 0) is 0 Å². The number of allylic oxidation sites excluding steroid dienone is 1. The van der Waals surface area contributed by atoms with Gasteiger partial charge in [-0.25, -0.2) is 4.39 Å². The van der Waals surface area contributed by atoms with Crippen LogP contribution in [0.25, 0.3) is 0 Å². The summed E-state index contributed by atoms with van der Waals surface area (Å²) in [5.41, 5.74) is -3.62. The van der Waals surface area contributed by atoms with Crippen LogP contribution in [0.15, 0.2) is 11.6 Å². The summed E-state index contributed by atoms with van der Waals surface area (Å²) in [6.45, 7) is 6.55. The molecule has 3 saturated carbocycles. The molecule has 0 aromatic heterocycles. The van der Waals surface area contributed by atoms with Crippen molar-refractivity contribution in [3.63, 3.8) is 0 Å². The Hall–Kier alpha value is -0.790. The monoisotopic (exact) mass is 512 g/mol. The van der Waals surface area contributed by atoms with Gasteiger partial charge >= 0.3 is 12.4 Å². The molecule has 202 valence electrons. The Labute approximate surface area is 203 Å². The standard InChI is InChI=1S/C27H39F7O/c1-16(5-4-12-25(28,26(29,30)31)27(32,33)34)20-8-9-21-19-7-6-17-15-18(35)10-13-23(17,2)22(19)11-14-24(20,21)3/h6,16,18-22,35H,4-5,7-15H2,1-3H3/t16-,18+,19+,20-,21+,22+,23+,24-/m1/s1. The molecule has 0 saturated heterocycles. The van der Waals surface area contributed by atoms with Crippen molar-refractivity contribution in [1.29, 1.82) is 0 Å². The summed E-state index contributed by atoms with van der Waals surface area (Å²) in [5, 5.41) is 10.2. The molecule has 3 fully saturated rings. The smallest absolute Gasteiger partial charge is 0.393 e. The number of alkyl halides is 7. The maximum Gasteiger partial charge on any atom is 0.431 e. The van der Waals surface area contributed by atoms with Gasteiger partial charge < -0.3 is 5.11 Å². The fourth-order valence-electron chi connectivity index (χ4n) is 8.93. The van der Waals surface area contributed by atoms with Crippen LogP contribution in [0.3, 0.4) is 0 Å². The quantitative estimate of drug-likeness (QED) is 0.289. The van der Waals surface area contributed by atoms with E-state index in [0.717, 1.165) is 51.4 Å². The average Bonchev–Trinajstić information content (AvgIpc) is 3.09. The zero-order valence-corrected chi connectivity index (χ0v) is 20.9. The Morgan fingerprint density at radius 2 is 1.60 bits per heavy atom. The molecule has 4 rings (SSSR count). The predicted octanol–water partition coefficient (Wildman–Crippen LogP) is 8.57. The number of aliphatic hydroxyl groups excluding tert-OH is 1. The fourth-order valence-corrected chi connectivity index (χ4v) is 8.93. The molecule has 0 amide bonds. The van der Waals surface area contributed by atoms with Crippen LogP contribution in [0, 0.1) is 40.4 Å². The lowest BCUT2D eigenvalue weighted by atomic mass is 9.47. The van der Waals surface area contributed by atoms with Gasteiger partial charge in [0.15, 0.2) is 0 Å². The first-order valence-corrected chi connectivity index (χ1v) is 13.2. The second-order valence-electron chi connectivity index (χ2n) is 12.6. The van der Waals surface area contributed by atoms with E-state index in [0.29, 0.717) is 17.8 Å². The van der Waals surface area contributed by atoms with Crippen LogP contribution in [0.4, 0.5) is 30.7 Å². The molecular formula is C27H39F7O. The number of fused-ring (bicyclic) bond motifs is 5. The summed E-state index contributed by atoms with van der Waals surface area (Å²) < 4.78 is 91.6. The summed E-state index contributed by atoms with van der Waals surface area (Å²) in [7, 11) is 0. The number of hydrogen-bond acceptors (Lipinski definition) is 1. The number of rotatable bonds is 5. The summed E-state index contributed by atoms with van der Waals surface area (Å²) in [6, 6.07) is 0. The first-order chi connectivity index (χ1) is 16.0. The maximum atomic E-state index is 14.1. The van der Waals surface area contributed by atoms with Gasteiger partial charge in [0.2, 0.25) is 0 Å². The van der Waals surface area contributed by atoms with E-state index in [1.54, 1.807) is 0 Å². The molecule has 8 heteroatoms. The Bertz CT molecular complexity index is 803. The minimum Gasteiger partial charge on any atom is -0.393 e. The second-order valence-corrected chi connectivity index (χ2v) is 12.6. The van der Waals surface area contributed by atoms with Crippen molar-refractivity contribution in [2.45, 2.75) is 116 Å². The van der Waals surface area contributed by atoms with Crippen molar-refractivity contribution in [2.75, 3.05) is 0 Å². The highest BCUT2D eigenvalue weighted by Crippen LogP contribution is 2.67. The van der Waals surface area contributed by atoms with Gasteiger partial charge in [0, 0.05) is 0 Å². The minimum atomic E-state index is -5.96. The highest BCUT2D eigenvalue weighted by Gasteiger charge is 2.71. The van der Waals surface area contributed by atoms with E-state index in [4.69, 9.17) is 0 Å². The lowest BCUT2D eigenvalue weighted by molar-refractivity contribution is -0.343. The second kappa shape index (κ2) is 8.90. The van der Waals surface area contributed by atoms with Crippen molar-refractivity contribution in [3.05, 3.63) is 11.6 Å². The van der Waals surface area contributed by atoms with Gasteiger partial charge in [0.1, 0.15) is 0 Å². The van der Waals surface area contributed by atoms with Gasteiger partial charge in [0.25, 0.3) is 5.67 Å². The maximum absolute atomic E-state index is 14.1. The van der Waals surface area contributed by atoms with E-state index in [1.165, 1.54) is 5.57 Å². The topological polar surface area (TPSA) is 20.2 Å². The first-order valence-electron chi connectivity index (χ1n) is 13.2. The van der Waals surface area contributed by atoms with Crippen molar-refractivity contribution >= 4 is 0 Å². The van der Waals surface area contributed by atoms with Crippen LogP contribution in [-0.4, -0.2) is 29.2 Å². The third-order valence-corrected chi connectivity index (χ3v) is 10.9. The van der Waals surface area contributed by atoms with Crippen LogP contribution < -0.4 is 0 Å². The van der Waals surface area contributed by atoms with Crippen LogP contribution >= 0.6 is 0 Å². The predicted molar refractivity (Wildman–Crippen MR) is 120 cm³/mol. The summed E-state index contributed by atoms with van der Waals surface area (Å²) in [6.07, 6.45) is -4.06. The van der Waals surface area contributed by atoms with E-state index in [1.807, 2.05) is 6.92 Å². The Morgan fingerprint density at radius 1 is 0.943 bits per heavy atom. The Morgan fingerprint density at radius 3 is 2.23 bits per heavy atom. The molecule has 0 spiro atoms. The van der Waals surface area contributed by atoms with Gasteiger partial charge in [0.05, 0.1) is 6.10 Å². The van der Waals surface area contributed by atoms with Crippen LogP contribution in [0.5, 0.6) is 0 Å². The van der Waals surface area contributed by atoms with Gasteiger partial charge in [-0.3, -0.25) is 0 Å². The summed E-state index contributed by atoms with van der Waals surface area (Å²) >= 11 is 0. The summed E-state index contributed by atoms with van der Waals surface area (Å²) in [4.78, 5) is 0. The lowest BCUT2D eigenvalue weighted by Gasteiger charge is -2.58. The molecule has 0 aromatic rings. The van der Waals surface area contributed by atoms with Gasteiger partial charge in [-0.1, -0.05) is 38.8 Å². The minimum absolute atomic E-state index is 0.0112. The SMILES string of the molecule is C[C@H](CCCC(F)(C(F)(F)F)C(F)(F)F)[C@H]1CC[C@H]2[C@@H]3CC=C4C[C@@H](O)CC[C@]4(C)[C@H]3CC[C@]12C. The van der Waals surface area contributed by atoms with E-state index < -0.39 is 30.9 Å². The van der Waals surface area contributed by atoms with Crippen LogP contribution in [0.2, 0.25) is 0 Å². The van der Waals surface area contributed by atoms with Crippen molar-refractivity contribution in [3.8, 4) is 0 Å². The van der Waals surface area contributed by atoms with Gasteiger partial charge in [-0.05, 0) is 105 Å². The lowest BCUT2D eigenvalue weighted by Crippen LogP contribution is -2.53. The fraction of sp³-hybridized carbons (Fsp3) is 0.926. The molecule has 0 aromatic carbocycles. The number of aliphatic hydroxyl groups is 1. The molecule has 4 aliphatic carbocycles. The molecule has 1 N–H and O–H groups in total. The van der Waals surface area contributed by atoms with Crippen LogP contribution in [0.1, 0.15) is 91.4 Å². The molecular weight excluding hydrogens is 473 g/mol. The van der Waals surface area contributed by atoms with E-state index in [2.05, 4.69) is 19.9 Å². The molecule has 0 aliphatic heterocycles. The van der Waals surface area contributed by atoms with Gasteiger partial charge in [-0.2, -0.15) is 26.3 Å². The molecule has 0 heterocycles. The molecule has 4 aliphatic rings. The largest absolute Gasteiger partial charge is 0.431 e. The molecule has 0 bridgehead atoms. The first kappa shape index (κ1) is 27.3. The Kier molecular flexibility index (Phi) is 6.93. The third-order valence-electron chi connectivity index (χ3n) is 10.9. The van der Waals surface area contributed by atoms with Crippen molar-refractivity contribution < 1.29 is 35.8 Å². The zero-order valence-electron chi connectivity index (χ0n) is 20.9. The summed E-state index contributed by atoms with van der Waals surface area (Å²) in [5.74, 6) is 1.76. The van der Waals surface area contributed by atoms with Crippen molar-refractivity contribution in [2.24, 2.45) is 40.4 Å². The zero-order chi connectivity index (χ0) is 26.0. The normalized spacial score (nSPS) is 41.0. The van der Waals surface area contributed by atoms with Crippen molar-refractivity contribution in [1.82, 2.24) is 0 Å². The Balaban J connectivity index is 1.43. The third kappa shape index (κ3) is 4.35.